The summed E-state index contributed by atoms with van der Waals surface area (Å²) in [5.74, 6) is 2.45. The van der Waals surface area contributed by atoms with Crippen molar-refractivity contribution in [2.24, 2.45) is 0 Å². The van der Waals surface area contributed by atoms with Gasteiger partial charge in [-0.15, -0.1) is 0 Å². The summed E-state index contributed by atoms with van der Waals surface area (Å²) in [5, 5.41) is 0. The van der Waals surface area contributed by atoms with Gasteiger partial charge >= 0.3 is 0 Å². The molecule has 5 heteroatoms. The molecule has 0 aliphatic carbocycles. The largest absolute Gasteiger partial charge is 0.342 e. The van der Waals surface area contributed by atoms with E-state index in [1.54, 1.807) is 0 Å². The van der Waals surface area contributed by atoms with Crippen molar-refractivity contribution in [2.75, 3.05) is 13.1 Å². The third-order valence-electron chi connectivity index (χ3n) is 5.70. The zero-order valence-corrected chi connectivity index (χ0v) is 17.0. The number of hydrogen-bond donors (Lipinski definition) is 0. The Labute approximate surface area is 172 Å². The Balaban J connectivity index is 1.43. The van der Waals surface area contributed by atoms with E-state index in [0.29, 0.717) is 6.42 Å². The van der Waals surface area contributed by atoms with Crippen LogP contribution in [0.25, 0.3) is 5.82 Å². The summed E-state index contributed by atoms with van der Waals surface area (Å²) in [6, 6.07) is 16.4. The lowest BCUT2D eigenvalue weighted by Gasteiger charge is -2.32. The van der Waals surface area contributed by atoms with Gasteiger partial charge in [-0.3, -0.25) is 9.36 Å². The first-order valence-corrected chi connectivity index (χ1v) is 10.6. The number of likely N-dealkylation sites (tertiary alicyclic amines) is 1. The summed E-state index contributed by atoms with van der Waals surface area (Å²) in [6.45, 7) is 3.71. The van der Waals surface area contributed by atoms with Crippen molar-refractivity contribution in [3.8, 4) is 5.82 Å². The van der Waals surface area contributed by atoms with Crippen molar-refractivity contribution in [3.05, 3.63) is 78.0 Å². The van der Waals surface area contributed by atoms with Gasteiger partial charge in [-0.1, -0.05) is 43.3 Å². The maximum atomic E-state index is 12.8. The topological polar surface area (TPSA) is 51.0 Å². The van der Waals surface area contributed by atoms with Crippen LogP contribution >= 0.6 is 0 Å². The monoisotopic (exact) mass is 388 g/mol. The SMILES string of the molecule is CCc1nccn1-c1cccc([C@@H]2CCCN(C(=O)CCc3ccccc3)C2)n1. The predicted molar refractivity (Wildman–Crippen MR) is 114 cm³/mol. The van der Waals surface area contributed by atoms with Crippen molar-refractivity contribution in [1.29, 1.82) is 0 Å². The molecule has 1 atom stereocenters. The van der Waals surface area contributed by atoms with E-state index in [-0.39, 0.29) is 11.8 Å². The first kappa shape index (κ1) is 19.4. The molecule has 0 spiro atoms. The van der Waals surface area contributed by atoms with Gasteiger partial charge in [0.25, 0.3) is 0 Å². The van der Waals surface area contributed by atoms with Crippen molar-refractivity contribution in [3.63, 3.8) is 0 Å². The molecule has 150 valence electrons. The molecule has 0 N–H and O–H groups in total. The summed E-state index contributed by atoms with van der Waals surface area (Å²) in [6.07, 6.45) is 8.12. The second kappa shape index (κ2) is 9.03. The van der Waals surface area contributed by atoms with Crippen LogP contribution in [0.4, 0.5) is 0 Å². The highest BCUT2D eigenvalue weighted by atomic mass is 16.2. The highest BCUT2D eigenvalue weighted by Crippen LogP contribution is 2.27. The number of imidazole rings is 1. The van der Waals surface area contributed by atoms with E-state index in [9.17, 15) is 4.79 Å². The lowest BCUT2D eigenvalue weighted by atomic mass is 9.94. The lowest BCUT2D eigenvalue weighted by Crippen LogP contribution is -2.39. The van der Waals surface area contributed by atoms with Gasteiger partial charge in [0.1, 0.15) is 11.6 Å². The Hall–Kier alpha value is -2.95. The van der Waals surface area contributed by atoms with Gasteiger partial charge < -0.3 is 4.90 Å². The fourth-order valence-corrected chi connectivity index (χ4v) is 4.10. The number of amides is 1. The zero-order valence-electron chi connectivity index (χ0n) is 17.0. The van der Waals surface area contributed by atoms with Crippen LogP contribution in [0.2, 0.25) is 0 Å². The molecule has 0 saturated carbocycles. The van der Waals surface area contributed by atoms with E-state index < -0.39 is 0 Å². The summed E-state index contributed by atoms with van der Waals surface area (Å²) in [7, 11) is 0. The summed E-state index contributed by atoms with van der Waals surface area (Å²) in [4.78, 5) is 24.1. The number of rotatable bonds is 6. The molecule has 1 saturated heterocycles. The molecule has 4 rings (SSSR count). The molecular weight excluding hydrogens is 360 g/mol. The average molecular weight is 389 g/mol. The lowest BCUT2D eigenvalue weighted by molar-refractivity contribution is -0.132. The molecule has 5 nitrogen and oxygen atoms in total. The maximum Gasteiger partial charge on any atom is 0.222 e. The second-order valence-corrected chi connectivity index (χ2v) is 7.65. The zero-order chi connectivity index (χ0) is 20.1. The predicted octanol–water partition coefficient (Wildman–Crippen LogP) is 4.17. The van der Waals surface area contributed by atoms with Crippen molar-refractivity contribution in [2.45, 2.75) is 44.9 Å². The van der Waals surface area contributed by atoms with E-state index in [1.807, 2.05) is 41.6 Å². The molecule has 0 bridgehead atoms. The Bertz CT molecular complexity index is 950. The maximum absolute atomic E-state index is 12.8. The molecule has 0 radical (unpaired) electrons. The Morgan fingerprint density at radius 3 is 2.83 bits per heavy atom. The molecule has 2 aromatic heterocycles. The summed E-state index contributed by atoms with van der Waals surface area (Å²) >= 11 is 0. The number of hydrogen-bond acceptors (Lipinski definition) is 3. The minimum absolute atomic E-state index is 0.248. The van der Waals surface area contributed by atoms with Gasteiger partial charge in [0.05, 0.1) is 0 Å². The fourth-order valence-electron chi connectivity index (χ4n) is 4.10. The number of carbonyl (C=O) groups excluding carboxylic acids is 1. The number of carbonyl (C=O) groups is 1. The Kier molecular flexibility index (Phi) is 6.03. The molecule has 3 heterocycles. The van der Waals surface area contributed by atoms with E-state index >= 15 is 0 Å². The van der Waals surface area contributed by atoms with Gasteiger partial charge in [0, 0.05) is 49.9 Å². The molecule has 3 aromatic rings. The number of benzene rings is 1. The minimum Gasteiger partial charge on any atom is -0.342 e. The molecule has 1 amide bonds. The van der Waals surface area contributed by atoms with Gasteiger partial charge in [-0.25, -0.2) is 9.97 Å². The molecular formula is C24H28N4O. The second-order valence-electron chi connectivity index (χ2n) is 7.65. The number of aryl methyl sites for hydroxylation is 2. The van der Waals surface area contributed by atoms with Crippen LogP contribution in [-0.2, 0) is 17.6 Å². The number of piperidine rings is 1. The average Bonchev–Trinajstić information content (AvgIpc) is 3.27. The molecule has 1 aliphatic heterocycles. The van der Waals surface area contributed by atoms with Crippen LogP contribution in [0.3, 0.4) is 0 Å². The van der Waals surface area contributed by atoms with Gasteiger partial charge in [-0.05, 0) is 37.0 Å². The van der Waals surface area contributed by atoms with Gasteiger partial charge in [-0.2, -0.15) is 0 Å². The van der Waals surface area contributed by atoms with Crippen LogP contribution in [-0.4, -0.2) is 38.4 Å². The first-order valence-electron chi connectivity index (χ1n) is 10.6. The van der Waals surface area contributed by atoms with Crippen LogP contribution < -0.4 is 0 Å². The van der Waals surface area contributed by atoms with Crippen LogP contribution in [0, 0.1) is 0 Å². The van der Waals surface area contributed by atoms with Crippen LogP contribution in [0.5, 0.6) is 0 Å². The normalized spacial score (nSPS) is 16.7. The Morgan fingerprint density at radius 2 is 2.00 bits per heavy atom. The number of aromatic nitrogens is 3. The fraction of sp³-hybridized carbons (Fsp3) is 0.375. The van der Waals surface area contributed by atoms with Crippen molar-refractivity contribution >= 4 is 5.91 Å². The summed E-state index contributed by atoms with van der Waals surface area (Å²) in [5.41, 5.74) is 2.29. The third kappa shape index (κ3) is 4.56. The third-order valence-corrected chi connectivity index (χ3v) is 5.70. The highest BCUT2D eigenvalue weighted by Gasteiger charge is 2.25. The number of nitrogens with zero attached hydrogens (tertiary/aromatic N) is 4. The molecule has 0 unspecified atom stereocenters. The highest BCUT2D eigenvalue weighted by molar-refractivity contribution is 5.76. The van der Waals surface area contributed by atoms with Crippen LogP contribution in [0.1, 0.15) is 49.2 Å². The molecule has 29 heavy (non-hydrogen) atoms. The molecule has 1 aliphatic rings. The van der Waals surface area contributed by atoms with Crippen LogP contribution in [0.15, 0.2) is 60.9 Å². The first-order chi connectivity index (χ1) is 14.2. The molecule has 1 aromatic carbocycles. The quantitative estimate of drug-likeness (QED) is 0.637. The van der Waals surface area contributed by atoms with E-state index in [1.165, 1.54) is 5.56 Å². The molecule has 1 fully saturated rings. The van der Waals surface area contributed by atoms with Gasteiger partial charge in [0.2, 0.25) is 5.91 Å². The van der Waals surface area contributed by atoms with Crippen molar-refractivity contribution in [1.82, 2.24) is 19.4 Å². The summed E-state index contributed by atoms with van der Waals surface area (Å²) < 4.78 is 2.05. The minimum atomic E-state index is 0.248. The van der Waals surface area contributed by atoms with E-state index in [2.05, 4.69) is 40.7 Å². The standard InChI is InChI=1S/C24H28N4O/c1-2-22-25-15-17-28(22)23-12-6-11-21(26-23)20-10-7-16-27(18-20)24(29)14-13-19-8-4-3-5-9-19/h3-6,8-9,11-12,15,17,20H,2,7,10,13-14,16,18H2,1H3/t20-/m1/s1. The smallest absolute Gasteiger partial charge is 0.222 e. The van der Waals surface area contributed by atoms with E-state index in [0.717, 1.165) is 56.1 Å². The Morgan fingerprint density at radius 1 is 1.14 bits per heavy atom. The van der Waals surface area contributed by atoms with Gasteiger partial charge in [0.15, 0.2) is 0 Å². The number of pyridine rings is 1. The van der Waals surface area contributed by atoms with Crippen molar-refractivity contribution < 1.29 is 4.79 Å². The van der Waals surface area contributed by atoms with E-state index in [4.69, 9.17) is 4.98 Å².